The number of likely N-dealkylation sites (tertiary alicyclic amines) is 1. The van der Waals surface area contributed by atoms with Crippen molar-refractivity contribution < 1.29 is 5.11 Å². The lowest BCUT2D eigenvalue weighted by molar-refractivity contribution is 0.0743. The summed E-state index contributed by atoms with van der Waals surface area (Å²) < 4.78 is 0. The molecule has 0 spiro atoms. The Labute approximate surface area is 130 Å². The summed E-state index contributed by atoms with van der Waals surface area (Å²) in [4.78, 5) is 3.80. The highest BCUT2D eigenvalue weighted by molar-refractivity contribution is 5.52. The highest BCUT2D eigenvalue weighted by atomic mass is 16.3. The fraction of sp³-hybridized carbons (Fsp3) is 0.562. The summed E-state index contributed by atoms with van der Waals surface area (Å²) >= 11 is 0. The van der Waals surface area contributed by atoms with Crippen molar-refractivity contribution in [2.24, 2.45) is 5.92 Å². The molecule has 22 heavy (non-hydrogen) atoms. The second-order valence-corrected chi connectivity index (χ2v) is 6.17. The molecule has 1 aliphatic rings. The van der Waals surface area contributed by atoms with Crippen molar-refractivity contribution in [2.75, 3.05) is 19.6 Å². The summed E-state index contributed by atoms with van der Waals surface area (Å²) in [6, 6.07) is 9.75. The van der Waals surface area contributed by atoms with Crippen LogP contribution in [-0.2, 0) is 6.54 Å². The quantitative estimate of drug-likeness (QED) is 0.905. The maximum Gasteiger partial charge on any atom is 0.204 e. The van der Waals surface area contributed by atoms with Gasteiger partial charge in [0.15, 0.2) is 0 Å². The van der Waals surface area contributed by atoms with Crippen LogP contribution in [0.5, 0.6) is 0 Å². The van der Waals surface area contributed by atoms with E-state index in [4.69, 9.17) is 0 Å². The smallest absolute Gasteiger partial charge is 0.204 e. The molecule has 6 nitrogen and oxygen atoms in total. The SMILES string of the molecule is CC1CCN(CC(O)Cn2nnc(-c3ccccc3)n2)CC1. The maximum atomic E-state index is 10.2. The first-order valence-electron chi connectivity index (χ1n) is 7.94. The van der Waals surface area contributed by atoms with Crippen LogP contribution < -0.4 is 0 Å². The molecular weight excluding hydrogens is 278 g/mol. The Bertz CT molecular complexity index is 577. The topological polar surface area (TPSA) is 67.1 Å². The van der Waals surface area contributed by atoms with Crippen LogP contribution in [0.1, 0.15) is 19.8 Å². The van der Waals surface area contributed by atoms with Gasteiger partial charge in [0.25, 0.3) is 0 Å². The lowest BCUT2D eigenvalue weighted by Crippen LogP contribution is -2.40. The lowest BCUT2D eigenvalue weighted by Gasteiger charge is -2.31. The predicted molar refractivity (Wildman–Crippen MR) is 84.1 cm³/mol. The Hall–Kier alpha value is -1.79. The van der Waals surface area contributed by atoms with Crippen LogP contribution in [0.2, 0.25) is 0 Å². The molecule has 0 radical (unpaired) electrons. The normalized spacial score (nSPS) is 18.5. The molecule has 1 N–H and O–H groups in total. The number of aliphatic hydroxyl groups excluding tert-OH is 1. The number of aliphatic hydroxyl groups is 1. The van der Waals surface area contributed by atoms with E-state index in [1.54, 1.807) is 0 Å². The Morgan fingerprint density at radius 3 is 2.64 bits per heavy atom. The van der Waals surface area contributed by atoms with E-state index in [2.05, 4.69) is 27.2 Å². The molecule has 0 bridgehead atoms. The van der Waals surface area contributed by atoms with Gasteiger partial charge >= 0.3 is 0 Å². The number of tetrazole rings is 1. The molecule has 1 aromatic carbocycles. The first kappa shape index (κ1) is 15.1. The van der Waals surface area contributed by atoms with E-state index < -0.39 is 6.10 Å². The minimum absolute atomic E-state index is 0.381. The van der Waals surface area contributed by atoms with Crippen molar-refractivity contribution in [3.05, 3.63) is 30.3 Å². The first-order chi connectivity index (χ1) is 10.7. The molecule has 0 aliphatic carbocycles. The van der Waals surface area contributed by atoms with E-state index in [9.17, 15) is 5.11 Å². The van der Waals surface area contributed by atoms with E-state index in [0.29, 0.717) is 18.9 Å². The summed E-state index contributed by atoms with van der Waals surface area (Å²) in [5.41, 5.74) is 0.938. The van der Waals surface area contributed by atoms with Crippen molar-refractivity contribution >= 4 is 0 Å². The largest absolute Gasteiger partial charge is 0.390 e. The third kappa shape index (κ3) is 3.90. The Kier molecular flexibility index (Phi) is 4.80. The Balaban J connectivity index is 1.54. The van der Waals surface area contributed by atoms with Gasteiger partial charge in [-0.05, 0) is 37.1 Å². The number of aromatic nitrogens is 4. The Morgan fingerprint density at radius 2 is 1.91 bits per heavy atom. The Morgan fingerprint density at radius 1 is 1.18 bits per heavy atom. The van der Waals surface area contributed by atoms with Crippen LogP contribution in [0.15, 0.2) is 30.3 Å². The van der Waals surface area contributed by atoms with Crippen molar-refractivity contribution in [1.82, 2.24) is 25.1 Å². The number of rotatable bonds is 5. The zero-order chi connectivity index (χ0) is 15.4. The van der Waals surface area contributed by atoms with Gasteiger partial charge in [-0.1, -0.05) is 37.3 Å². The molecule has 0 saturated carbocycles. The van der Waals surface area contributed by atoms with E-state index in [-0.39, 0.29) is 0 Å². The molecule has 1 atom stereocenters. The molecule has 1 aromatic heterocycles. The zero-order valence-electron chi connectivity index (χ0n) is 13.0. The lowest BCUT2D eigenvalue weighted by atomic mass is 9.99. The van der Waals surface area contributed by atoms with Gasteiger partial charge in [0.05, 0.1) is 12.6 Å². The number of hydrogen-bond acceptors (Lipinski definition) is 5. The van der Waals surface area contributed by atoms with Crippen molar-refractivity contribution in [1.29, 1.82) is 0 Å². The highest BCUT2D eigenvalue weighted by Gasteiger charge is 2.19. The van der Waals surface area contributed by atoms with Gasteiger partial charge in [-0.25, -0.2) is 0 Å². The molecule has 1 saturated heterocycles. The van der Waals surface area contributed by atoms with Crippen molar-refractivity contribution in [3.8, 4) is 11.4 Å². The van der Waals surface area contributed by atoms with Gasteiger partial charge in [0.1, 0.15) is 0 Å². The molecule has 6 heteroatoms. The van der Waals surface area contributed by atoms with Crippen LogP contribution in [0.4, 0.5) is 0 Å². The van der Waals surface area contributed by atoms with Crippen molar-refractivity contribution in [2.45, 2.75) is 32.4 Å². The van der Waals surface area contributed by atoms with Gasteiger partial charge < -0.3 is 10.0 Å². The standard InChI is InChI=1S/C16H23N5O/c1-13-7-9-20(10-8-13)11-15(22)12-21-18-16(17-19-21)14-5-3-2-4-6-14/h2-6,13,15,22H,7-12H2,1H3. The average Bonchev–Trinajstić information content (AvgIpc) is 2.99. The van der Waals surface area contributed by atoms with Gasteiger partial charge in [-0.15, -0.1) is 10.2 Å². The number of hydrogen-bond donors (Lipinski definition) is 1. The summed E-state index contributed by atoms with van der Waals surface area (Å²) in [6.45, 7) is 5.48. The van der Waals surface area contributed by atoms with Crippen LogP contribution in [0.25, 0.3) is 11.4 Å². The molecule has 118 valence electrons. The minimum atomic E-state index is -0.466. The summed E-state index contributed by atoms with van der Waals surface area (Å²) in [7, 11) is 0. The predicted octanol–water partition coefficient (Wildman–Crippen LogP) is 1.43. The second kappa shape index (κ2) is 6.98. The van der Waals surface area contributed by atoms with Crippen LogP contribution in [-0.4, -0.2) is 56.0 Å². The van der Waals surface area contributed by atoms with E-state index in [1.807, 2.05) is 30.3 Å². The maximum absolute atomic E-state index is 10.2. The first-order valence-corrected chi connectivity index (χ1v) is 7.94. The molecule has 1 unspecified atom stereocenters. The number of β-amino-alcohol motifs (C(OH)–C–C–N with tert-alkyl or cyclic N) is 1. The van der Waals surface area contributed by atoms with Gasteiger partial charge in [0.2, 0.25) is 5.82 Å². The highest BCUT2D eigenvalue weighted by Crippen LogP contribution is 2.16. The summed E-state index contributed by atoms with van der Waals surface area (Å²) in [5.74, 6) is 1.40. The number of piperidine rings is 1. The fourth-order valence-electron chi connectivity index (χ4n) is 2.81. The monoisotopic (exact) mass is 301 g/mol. The van der Waals surface area contributed by atoms with Crippen LogP contribution in [0.3, 0.4) is 0 Å². The molecular formula is C16H23N5O. The number of nitrogens with zero attached hydrogens (tertiary/aromatic N) is 5. The average molecular weight is 301 g/mol. The zero-order valence-corrected chi connectivity index (χ0v) is 13.0. The molecule has 3 rings (SSSR count). The third-order valence-corrected chi connectivity index (χ3v) is 4.20. The fourth-order valence-corrected chi connectivity index (χ4v) is 2.81. The third-order valence-electron chi connectivity index (χ3n) is 4.20. The second-order valence-electron chi connectivity index (χ2n) is 6.17. The summed E-state index contributed by atoms with van der Waals surface area (Å²) in [6.07, 6.45) is 1.96. The van der Waals surface area contributed by atoms with E-state index >= 15 is 0 Å². The van der Waals surface area contributed by atoms with E-state index in [0.717, 1.165) is 24.6 Å². The van der Waals surface area contributed by atoms with Gasteiger partial charge in [-0.2, -0.15) is 4.80 Å². The number of benzene rings is 1. The minimum Gasteiger partial charge on any atom is -0.390 e. The molecule has 2 heterocycles. The van der Waals surface area contributed by atoms with Crippen LogP contribution >= 0.6 is 0 Å². The summed E-state index contributed by atoms with van der Waals surface area (Å²) in [5, 5.41) is 22.7. The van der Waals surface area contributed by atoms with Gasteiger partial charge in [0, 0.05) is 12.1 Å². The van der Waals surface area contributed by atoms with E-state index in [1.165, 1.54) is 17.6 Å². The van der Waals surface area contributed by atoms with Crippen molar-refractivity contribution in [3.63, 3.8) is 0 Å². The molecule has 2 aromatic rings. The van der Waals surface area contributed by atoms with Gasteiger partial charge in [-0.3, -0.25) is 0 Å². The molecule has 0 amide bonds. The van der Waals surface area contributed by atoms with Crippen LogP contribution in [0, 0.1) is 5.92 Å². The molecule has 1 aliphatic heterocycles. The molecule has 1 fully saturated rings.